The van der Waals surface area contributed by atoms with Crippen LogP contribution in [0.5, 0.6) is 0 Å². The predicted octanol–water partition coefficient (Wildman–Crippen LogP) is -0.649. The molecule has 1 aromatic rings. The molecule has 0 saturated heterocycles. The van der Waals surface area contributed by atoms with Crippen molar-refractivity contribution >= 4 is 23.7 Å². The summed E-state index contributed by atoms with van der Waals surface area (Å²) in [5.74, 6) is -2.17. The number of carbonyl (C=O) groups is 4. The summed E-state index contributed by atoms with van der Waals surface area (Å²) < 4.78 is 6.23. The molecule has 1 heterocycles. The summed E-state index contributed by atoms with van der Waals surface area (Å²) in [5, 5.41) is 4.53. The van der Waals surface area contributed by atoms with Crippen molar-refractivity contribution in [3.05, 3.63) is 24.0 Å². The maximum atomic E-state index is 11.7. The van der Waals surface area contributed by atoms with Crippen LogP contribution in [0.25, 0.3) is 0 Å². The lowest BCUT2D eigenvalue weighted by molar-refractivity contribution is -0.148. The molecule has 0 aromatic carbocycles. The van der Waals surface area contributed by atoms with E-state index in [2.05, 4.69) is 15.4 Å². The molecule has 114 valence electrons. The maximum absolute atomic E-state index is 11.7. The largest absolute Gasteiger partial charge is 0.456 e. The van der Waals surface area contributed by atoms with Crippen LogP contribution in [0, 0.1) is 0 Å². The molecule has 0 aliphatic carbocycles. The second-order valence-electron chi connectivity index (χ2n) is 4.28. The standard InChI is InChI=1S/C13H17N3O5/c1-9(17)14-6-5-12(19)21-8-11(18)15-13(20)10-4-3-7-16(10)2/h3-4,7H,5-6,8H2,1-2H3,(H,14,17)(H,15,18,20). The van der Waals surface area contributed by atoms with Crippen molar-refractivity contribution in [2.24, 2.45) is 7.05 Å². The fourth-order valence-electron chi connectivity index (χ4n) is 1.48. The molecule has 0 saturated carbocycles. The third-order valence-corrected chi connectivity index (χ3v) is 2.50. The molecule has 0 radical (unpaired) electrons. The number of aromatic nitrogens is 1. The SMILES string of the molecule is CC(=O)NCCC(=O)OCC(=O)NC(=O)c1cccn1C. The summed E-state index contributed by atoms with van der Waals surface area (Å²) in [7, 11) is 1.67. The molecule has 0 aliphatic rings. The zero-order valence-electron chi connectivity index (χ0n) is 11.8. The van der Waals surface area contributed by atoms with Crippen LogP contribution in [-0.4, -0.2) is 41.4 Å². The number of nitrogens with zero attached hydrogens (tertiary/aromatic N) is 1. The zero-order chi connectivity index (χ0) is 15.8. The first-order valence-corrected chi connectivity index (χ1v) is 6.25. The van der Waals surface area contributed by atoms with E-state index < -0.39 is 24.4 Å². The number of ether oxygens (including phenoxy) is 1. The number of hydrogen-bond acceptors (Lipinski definition) is 5. The van der Waals surface area contributed by atoms with Crippen LogP contribution >= 0.6 is 0 Å². The second kappa shape index (κ2) is 7.83. The summed E-state index contributed by atoms with van der Waals surface area (Å²) in [5.41, 5.74) is 0.320. The Kier molecular flexibility index (Phi) is 6.12. The Labute approximate surface area is 121 Å². The van der Waals surface area contributed by atoms with Gasteiger partial charge in [-0.2, -0.15) is 0 Å². The molecular formula is C13H17N3O5. The average Bonchev–Trinajstić information content (AvgIpc) is 2.82. The van der Waals surface area contributed by atoms with Crippen molar-refractivity contribution in [3.63, 3.8) is 0 Å². The molecule has 1 rings (SSSR count). The number of imide groups is 1. The summed E-state index contributed by atoms with van der Waals surface area (Å²) in [4.78, 5) is 45.0. The maximum Gasteiger partial charge on any atom is 0.308 e. The predicted molar refractivity (Wildman–Crippen MR) is 72.1 cm³/mol. The number of rotatable bonds is 6. The number of nitrogens with one attached hydrogen (secondary N) is 2. The van der Waals surface area contributed by atoms with E-state index in [9.17, 15) is 19.2 Å². The highest BCUT2D eigenvalue weighted by Gasteiger charge is 2.14. The normalized spacial score (nSPS) is 9.81. The van der Waals surface area contributed by atoms with Crippen molar-refractivity contribution < 1.29 is 23.9 Å². The molecule has 1 aromatic heterocycles. The lowest BCUT2D eigenvalue weighted by Crippen LogP contribution is -2.35. The van der Waals surface area contributed by atoms with Gasteiger partial charge in [0.1, 0.15) is 5.69 Å². The van der Waals surface area contributed by atoms with Gasteiger partial charge in [-0.3, -0.25) is 24.5 Å². The lowest BCUT2D eigenvalue weighted by Gasteiger charge is -2.06. The number of carbonyl (C=O) groups excluding carboxylic acids is 4. The summed E-state index contributed by atoms with van der Waals surface area (Å²) in [6, 6.07) is 3.23. The van der Waals surface area contributed by atoms with Crippen molar-refractivity contribution in [2.75, 3.05) is 13.2 Å². The second-order valence-corrected chi connectivity index (χ2v) is 4.28. The van der Waals surface area contributed by atoms with Crippen LogP contribution in [0.1, 0.15) is 23.8 Å². The van der Waals surface area contributed by atoms with Crippen LogP contribution in [-0.2, 0) is 26.2 Å². The summed E-state index contributed by atoms with van der Waals surface area (Å²) in [6.07, 6.45) is 1.63. The molecule has 8 heteroatoms. The number of hydrogen-bond donors (Lipinski definition) is 2. The minimum Gasteiger partial charge on any atom is -0.456 e. The molecule has 0 bridgehead atoms. The molecule has 0 spiro atoms. The highest BCUT2D eigenvalue weighted by molar-refractivity contribution is 6.04. The van der Waals surface area contributed by atoms with Crippen molar-refractivity contribution in [3.8, 4) is 0 Å². The molecule has 3 amide bonds. The molecule has 21 heavy (non-hydrogen) atoms. The topological polar surface area (TPSA) is 106 Å². The van der Waals surface area contributed by atoms with E-state index in [1.807, 2.05) is 0 Å². The fourth-order valence-corrected chi connectivity index (χ4v) is 1.48. The van der Waals surface area contributed by atoms with Gasteiger partial charge in [0.05, 0.1) is 6.42 Å². The van der Waals surface area contributed by atoms with Crippen LogP contribution in [0.3, 0.4) is 0 Å². The van der Waals surface area contributed by atoms with E-state index in [1.165, 1.54) is 6.92 Å². The molecule has 2 N–H and O–H groups in total. The smallest absolute Gasteiger partial charge is 0.308 e. The molecular weight excluding hydrogens is 278 g/mol. The van der Waals surface area contributed by atoms with Crippen molar-refractivity contribution in [1.29, 1.82) is 0 Å². The van der Waals surface area contributed by atoms with Gasteiger partial charge in [-0.1, -0.05) is 0 Å². The number of amides is 3. The van der Waals surface area contributed by atoms with E-state index in [0.717, 1.165) is 0 Å². The van der Waals surface area contributed by atoms with Gasteiger partial charge in [-0.05, 0) is 12.1 Å². The molecule has 0 fully saturated rings. The Morgan fingerprint density at radius 3 is 2.57 bits per heavy atom. The first-order chi connectivity index (χ1) is 9.90. The van der Waals surface area contributed by atoms with E-state index in [0.29, 0.717) is 5.69 Å². The molecule has 0 unspecified atom stereocenters. The Bertz CT molecular complexity index is 550. The van der Waals surface area contributed by atoms with Crippen LogP contribution in [0.2, 0.25) is 0 Å². The highest BCUT2D eigenvalue weighted by atomic mass is 16.5. The molecule has 0 atom stereocenters. The summed E-state index contributed by atoms with van der Waals surface area (Å²) >= 11 is 0. The van der Waals surface area contributed by atoms with Crippen molar-refractivity contribution in [1.82, 2.24) is 15.2 Å². The van der Waals surface area contributed by atoms with Gasteiger partial charge in [0.15, 0.2) is 6.61 Å². The van der Waals surface area contributed by atoms with Crippen molar-refractivity contribution in [2.45, 2.75) is 13.3 Å². The van der Waals surface area contributed by atoms with E-state index in [4.69, 9.17) is 0 Å². The minimum absolute atomic E-state index is 0.0430. The summed E-state index contributed by atoms with van der Waals surface area (Å²) in [6.45, 7) is 0.918. The van der Waals surface area contributed by atoms with E-state index in [1.54, 1.807) is 29.9 Å². The third-order valence-electron chi connectivity index (χ3n) is 2.50. The van der Waals surface area contributed by atoms with Gasteiger partial charge < -0.3 is 14.6 Å². The Morgan fingerprint density at radius 1 is 1.29 bits per heavy atom. The van der Waals surface area contributed by atoms with Gasteiger partial charge in [0, 0.05) is 26.7 Å². The first kappa shape index (κ1) is 16.4. The number of esters is 1. The van der Waals surface area contributed by atoms with E-state index >= 15 is 0 Å². The molecule has 0 aliphatic heterocycles. The quantitative estimate of drug-likeness (QED) is 0.678. The van der Waals surface area contributed by atoms with Gasteiger partial charge in [0.25, 0.3) is 11.8 Å². The Balaban J connectivity index is 2.28. The van der Waals surface area contributed by atoms with Crippen LogP contribution < -0.4 is 10.6 Å². The van der Waals surface area contributed by atoms with E-state index in [-0.39, 0.29) is 18.9 Å². The van der Waals surface area contributed by atoms with Gasteiger partial charge in [-0.25, -0.2) is 0 Å². The monoisotopic (exact) mass is 295 g/mol. The highest BCUT2D eigenvalue weighted by Crippen LogP contribution is 1.98. The van der Waals surface area contributed by atoms with Gasteiger partial charge in [0.2, 0.25) is 5.91 Å². The zero-order valence-corrected chi connectivity index (χ0v) is 11.8. The van der Waals surface area contributed by atoms with Gasteiger partial charge >= 0.3 is 5.97 Å². The fraction of sp³-hybridized carbons (Fsp3) is 0.385. The average molecular weight is 295 g/mol. The van der Waals surface area contributed by atoms with Crippen LogP contribution in [0.4, 0.5) is 0 Å². The Hall–Kier alpha value is -2.64. The molecule has 8 nitrogen and oxygen atoms in total. The third kappa shape index (κ3) is 5.89. The first-order valence-electron chi connectivity index (χ1n) is 6.25. The minimum atomic E-state index is -0.714. The lowest BCUT2D eigenvalue weighted by atomic mass is 10.4. The Morgan fingerprint density at radius 2 is 2.00 bits per heavy atom. The number of aryl methyl sites for hydroxylation is 1. The van der Waals surface area contributed by atoms with Gasteiger partial charge in [-0.15, -0.1) is 0 Å². The van der Waals surface area contributed by atoms with Crippen LogP contribution in [0.15, 0.2) is 18.3 Å².